The van der Waals surface area contributed by atoms with E-state index in [0.717, 1.165) is 54.4 Å². The van der Waals surface area contributed by atoms with Gasteiger partial charge < -0.3 is 0 Å². The van der Waals surface area contributed by atoms with E-state index in [-0.39, 0.29) is 29.0 Å². The molecule has 4 amide bonds. The van der Waals surface area contributed by atoms with Gasteiger partial charge in [0.15, 0.2) is 0 Å². The summed E-state index contributed by atoms with van der Waals surface area (Å²) in [5, 5.41) is 0.818. The van der Waals surface area contributed by atoms with Gasteiger partial charge in [-0.25, -0.2) is 9.80 Å². The van der Waals surface area contributed by atoms with Gasteiger partial charge in [0.2, 0.25) is 0 Å². The Morgan fingerprint density at radius 3 is 1.34 bits per heavy atom. The molecule has 7 rings (SSSR count). The van der Waals surface area contributed by atoms with E-state index in [1.807, 2.05) is 38.1 Å². The molecule has 0 bridgehead atoms. The van der Waals surface area contributed by atoms with Gasteiger partial charge in [0.1, 0.15) is 0 Å². The molecule has 1 aliphatic carbocycles. The molecule has 2 heterocycles. The first kappa shape index (κ1) is 28.5. The van der Waals surface area contributed by atoms with Crippen LogP contribution in [-0.2, 0) is 5.41 Å². The van der Waals surface area contributed by atoms with Crippen LogP contribution in [0.15, 0.2) is 72.8 Å². The molecule has 2 aliphatic heterocycles. The number of benzene rings is 4. The second kappa shape index (κ2) is 10.4. The van der Waals surface area contributed by atoms with Crippen LogP contribution in [-0.4, -0.2) is 23.6 Å². The Bertz CT molecular complexity index is 1810. The van der Waals surface area contributed by atoms with Crippen LogP contribution in [0.1, 0.15) is 95.8 Å². The molecule has 0 saturated heterocycles. The van der Waals surface area contributed by atoms with Crippen molar-refractivity contribution in [1.82, 2.24) is 0 Å². The highest BCUT2D eigenvalue weighted by molar-refractivity contribution is 6.38. The molecule has 4 aromatic carbocycles. The molecule has 0 atom stereocenters. The first-order valence-corrected chi connectivity index (χ1v) is 15.5. The predicted molar refractivity (Wildman–Crippen MR) is 171 cm³/mol. The van der Waals surface area contributed by atoms with Crippen LogP contribution in [0, 0.1) is 13.8 Å². The van der Waals surface area contributed by atoms with E-state index in [4.69, 9.17) is 23.2 Å². The number of imide groups is 2. The summed E-state index contributed by atoms with van der Waals surface area (Å²) < 4.78 is 0. The minimum absolute atomic E-state index is 0.296. The second-order valence-electron chi connectivity index (χ2n) is 11.9. The van der Waals surface area contributed by atoms with Crippen LogP contribution < -0.4 is 9.80 Å². The Kier molecular flexibility index (Phi) is 6.76. The molecule has 44 heavy (non-hydrogen) atoms. The number of rotatable bonds is 4. The standard InChI is InChI=1S/C36H28Cl2N2O4/c1-20-16-22(6-12-30(20)39-32(41)26-10-8-24(37)18-28(26)34(39)43)36(14-4-3-5-15-36)23-7-13-31(21(2)17-23)40-33(42)27-11-9-25(38)19-29(27)35(40)44/h6-13,16-19H,3-5,14-15H2,1-2H3. The highest BCUT2D eigenvalue weighted by atomic mass is 35.5. The number of anilines is 2. The van der Waals surface area contributed by atoms with E-state index in [0.29, 0.717) is 43.7 Å². The lowest BCUT2D eigenvalue weighted by molar-refractivity contribution is 0.0910. The molecule has 6 nitrogen and oxygen atoms in total. The summed E-state index contributed by atoms with van der Waals surface area (Å²) in [7, 11) is 0. The van der Waals surface area contributed by atoms with E-state index < -0.39 is 0 Å². The predicted octanol–water partition coefficient (Wildman–Crippen LogP) is 8.46. The summed E-state index contributed by atoms with van der Waals surface area (Å²) in [6.07, 6.45) is 5.12. The Labute approximate surface area is 265 Å². The van der Waals surface area contributed by atoms with Crippen molar-refractivity contribution in [2.24, 2.45) is 0 Å². The van der Waals surface area contributed by atoms with Crippen LogP contribution in [0.3, 0.4) is 0 Å². The molecule has 0 spiro atoms. The molecular formula is C36H28Cl2N2O4. The van der Waals surface area contributed by atoms with Crippen LogP contribution in [0.5, 0.6) is 0 Å². The van der Waals surface area contributed by atoms with Crippen molar-refractivity contribution in [3.63, 3.8) is 0 Å². The maximum Gasteiger partial charge on any atom is 0.266 e. The topological polar surface area (TPSA) is 74.8 Å². The number of hydrogen-bond acceptors (Lipinski definition) is 4. The Morgan fingerprint density at radius 2 is 0.932 bits per heavy atom. The third kappa shape index (κ3) is 4.23. The van der Waals surface area contributed by atoms with Crippen molar-refractivity contribution in [2.45, 2.75) is 51.4 Å². The zero-order chi connectivity index (χ0) is 30.9. The zero-order valence-electron chi connectivity index (χ0n) is 24.2. The lowest BCUT2D eigenvalue weighted by Gasteiger charge is -2.39. The highest BCUT2D eigenvalue weighted by Crippen LogP contribution is 2.47. The van der Waals surface area contributed by atoms with Gasteiger partial charge >= 0.3 is 0 Å². The summed E-state index contributed by atoms with van der Waals surface area (Å²) in [6, 6.07) is 21.5. The lowest BCUT2D eigenvalue weighted by Crippen LogP contribution is -2.33. The minimum Gasteiger partial charge on any atom is -0.268 e. The first-order valence-electron chi connectivity index (χ1n) is 14.7. The Hall–Kier alpha value is -4.26. The molecule has 1 fully saturated rings. The second-order valence-corrected chi connectivity index (χ2v) is 12.8. The molecule has 0 N–H and O–H groups in total. The Morgan fingerprint density at radius 1 is 0.523 bits per heavy atom. The van der Waals surface area contributed by atoms with Gasteiger partial charge in [0, 0.05) is 15.5 Å². The minimum atomic E-state index is -0.377. The summed E-state index contributed by atoms with van der Waals surface area (Å²) in [6.45, 7) is 3.85. The fourth-order valence-corrected chi connectivity index (χ4v) is 7.52. The van der Waals surface area contributed by atoms with Gasteiger partial charge in [-0.15, -0.1) is 0 Å². The number of halogens is 2. The number of carbonyl (C=O) groups excluding carboxylic acids is 4. The fraction of sp³-hybridized carbons (Fsp3) is 0.222. The van der Waals surface area contributed by atoms with Crippen LogP contribution >= 0.6 is 23.2 Å². The molecule has 8 heteroatoms. The van der Waals surface area contributed by atoms with E-state index in [1.54, 1.807) is 36.4 Å². The van der Waals surface area contributed by atoms with Crippen molar-refractivity contribution >= 4 is 58.2 Å². The van der Waals surface area contributed by atoms with E-state index in [1.165, 1.54) is 9.80 Å². The maximum absolute atomic E-state index is 13.3. The average molecular weight is 624 g/mol. The van der Waals surface area contributed by atoms with Crippen molar-refractivity contribution < 1.29 is 19.2 Å². The van der Waals surface area contributed by atoms with Gasteiger partial charge in [0.05, 0.1) is 33.6 Å². The Balaban J connectivity index is 1.25. The summed E-state index contributed by atoms with van der Waals surface area (Å²) >= 11 is 12.2. The van der Waals surface area contributed by atoms with Crippen molar-refractivity contribution in [2.75, 3.05) is 9.80 Å². The quantitative estimate of drug-likeness (QED) is 0.214. The van der Waals surface area contributed by atoms with Crippen LogP contribution in [0.2, 0.25) is 10.0 Å². The summed E-state index contributed by atoms with van der Waals surface area (Å²) in [4.78, 5) is 55.6. The molecule has 220 valence electrons. The van der Waals surface area contributed by atoms with Crippen molar-refractivity contribution in [1.29, 1.82) is 0 Å². The average Bonchev–Trinajstić information content (AvgIpc) is 3.40. The van der Waals surface area contributed by atoms with Gasteiger partial charge in [-0.1, -0.05) is 66.7 Å². The molecule has 0 unspecified atom stereocenters. The zero-order valence-corrected chi connectivity index (χ0v) is 25.8. The SMILES string of the molecule is Cc1cc(C2(c3ccc(N4C(=O)c5ccc(Cl)cc5C4=O)c(C)c3)CCCCC2)ccc1N1C(=O)c2ccc(Cl)cc2C1=O. The molecule has 4 aromatic rings. The summed E-state index contributed by atoms with van der Waals surface area (Å²) in [5.41, 5.74) is 6.01. The third-order valence-electron chi connectivity index (χ3n) is 9.38. The van der Waals surface area contributed by atoms with E-state index >= 15 is 0 Å². The molecule has 0 aromatic heterocycles. The van der Waals surface area contributed by atoms with E-state index in [9.17, 15) is 19.2 Å². The third-order valence-corrected chi connectivity index (χ3v) is 9.86. The maximum atomic E-state index is 13.3. The van der Waals surface area contributed by atoms with Gasteiger partial charge in [-0.2, -0.15) is 0 Å². The van der Waals surface area contributed by atoms with Gasteiger partial charge in [-0.3, -0.25) is 19.2 Å². The number of hydrogen-bond donors (Lipinski definition) is 0. The molecule has 3 aliphatic rings. The fourth-order valence-electron chi connectivity index (χ4n) is 7.17. The monoisotopic (exact) mass is 622 g/mol. The smallest absolute Gasteiger partial charge is 0.266 e. The molecular weight excluding hydrogens is 595 g/mol. The largest absolute Gasteiger partial charge is 0.268 e. The van der Waals surface area contributed by atoms with E-state index in [2.05, 4.69) is 12.1 Å². The highest BCUT2D eigenvalue weighted by Gasteiger charge is 2.41. The van der Waals surface area contributed by atoms with Gasteiger partial charge in [0.25, 0.3) is 23.6 Å². The summed E-state index contributed by atoms with van der Waals surface area (Å²) in [5.74, 6) is -1.46. The first-order chi connectivity index (χ1) is 21.1. The van der Waals surface area contributed by atoms with Crippen LogP contribution in [0.4, 0.5) is 11.4 Å². The molecule has 1 saturated carbocycles. The number of carbonyl (C=O) groups is 4. The number of nitrogens with zero attached hydrogens (tertiary/aromatic N) is 2. The number of aryl methyl sites for hydroxylation is 2. The van der Waals surface area contributed by atoms with Gasteiger partial charge in [-0.05, 0) is 97.5 Å². The van der Waals surface area contributed by atoms with Crippen molar-refractivity contribution in [3.8, 4) is 0 Å². The number of fused-ring (bicyclic) bond motifs is 2. The number of amides is 4. The normalized spacial score (nSPS) is 17.4. The van der Waals surface area contributed by atoms with Crippen molar-refractivity contribution in [3.05, 3.63) is 127 Å². The van der Waals surface area contributed by atoms with Crippen LogP contribution in [0.25, 0.3) is 0 Å². The molecule has 0 radical (unpaired) electrons. The lowest BCUT2D eigenvalue weighted by atomic mass is 9.65.